The van der Waals surface area contributed by atoms with E-state index in [1.165, 1.54) is 58.4 Å². The van der Waals surface area contributed by atoms with E-state index in [-0.39, 0.29) is 0 Å². The zero-order valence-electron chi connectivity index (χ0n) is 12.3. The van der Waals surface area contributed by atoms with Gasteiger partial charge in [-0.1, -0.05) is 26.7 Å². The largest absolute Gasteiger partial charge is 0.329 e. The van der Waals surface area contributed by atoms with Crippen molar-refractivity contribution in [2.24, 2.45) is 17.6 Å². The van der Waals surface area contributed by atoms with Gasteiger partial charge in [-0.3, -0.25) is 4.90 Å². The molecule has 2 N–H and O–H groups in total. The minimum absolute atomic E-state index is 0.650. The summed E-state index contributed by atoms with van der Waals surface area (Å²) in [6.07, 6.45) is 5.63. The van der Waals surface area contributed by atoms with Gasteiger partial charge in [-0.05, 0) is 31.2 Å². The third kappa shape index (κ3) is 3.46. The fraction of sp³-hybridized carbons (Fsp3) is 1.00. The van der Waals surface area contributed by atoms with Gasteiger partial charge in [0.1, 0.15) is 0 Å². The Morgan fingerprint density at radius 1 is 1.06 bits per heavy atom. The Morgan fingerprint density at radius 2 is 1.67 bits per heavy atom. The van der Waals surface area contributed by atoms with Crippen LogP contribution in [0, 0.1) is 11.8 Å². The smallest absolute Gasteiger partial charge is 0.0247 e. The summed E-state index contributed by atoms with van der Waals surface area (Å²) in [4.78, 5) is 5.22. The number of nitrogens with two attached hydrogens (primary N) is 1. The number of nitrogens with zero attached hydrogens (tertiary/aromatic N) is 2. The van der Waals surface area contributed by atoms with Gasteiger partial charge in [0.05, 0.1) is 0 Å². The molecular weight excluding hydrogens is 222 g/mol. The predicted octanol–water partition coefficient (Wildman–Crippen LogP) is 1.78. The van der Waals surface area contributed by atoms with E-state index in [1.54, 1.807) is 0 Å². The molecule has 3 nitrogen and oxygen atoms in total. The number of hydrogen-bond acceptors (Lipinski definition) is 3. The second-order valence-corrected chi connectivity index (χ2v) is 6.29. The van der Waals surface area contributed by atoms with Crippen molar-refractivity contribution >= 4 is 0 Å². The SMILES string of the molecule is CCN1CCN(C(CN)C2CCC(C)CC2)CC1. The number of hydrogen-bond donors (Lipinski definition) is 1. The van der Waals surface area contributed by atoms with Crippen molar-refractivity contribution in [3.8, 4) is 0 Å². The second kappa shape index (κ2) is 6.88. The molecule has 0 aromatic rings. The van der Waals surface area contributed by atoms with E-state index in [1.807, 2.05) is 0 Å². The molecule has 1 unspecified atom stereocenters. The fourth-order valence-electron chi connectivity index (χ4n) is 3.72. The molecule has 0 bridgehead atoms. The zero-order chi connectivity index (χ0) is 13.0. The van der Waals surface area contributed by atoms with Crippen LogP contribution in [0.5, 0.6) is 0 Å². The molecule has 106 valence electrons. The van der Waals surface area contributed by atoms with Crippen LogP contribution >= 0.6 is 0 Å². The van der Waals surface area contributed by atoms with Gasteiger partial charge in [-0.15, -0.1) is 0 Å². The highest BCUT2D eigenvalue weighted by atomic mass is 15.3. The molecular formula is C15H31N3. The first kappa shape index (κ1) is 14.3. The van der Waals surface area contributed by atoms with Crippen LogP contribution in [0.15, 0.2) is 0 Å². The van der Waals surface area contributed by atoms with Crippen LogP contribution in [0.1, 0.15) is 39.5 Å². The van der Waals surface area contributed by atoms with E-state index in [4.69, 9.17) is 5.73 Å². The minimum atomic E-state index is 0.650. The lowest BCUT2D eigenvalue weighted by Gasteiger charge is -2.43. The molecule has 1 heterocycles. The maximum absolute atomic E-state index is 6.08. The van der Waals surface area contributed by atoms with E-state index in [0.29, 0.717) is 6.04 Å². The van der Waals surface area contributed by atoms with Gasteiger partial charge in [0.25, 0.3) is 0 Å². The highest BCUT2D eigenvalue weighted by molar-refractivity contribution is 4.86. The summed E-state index contributed by atoms with van der Waals surface area (Å²) < 4.78 is 0. The standard InChI is InChI=1S/C15H31N3/c1-3-17-8-10-18(11-9-17)15(12-16)14-6-4-13(2)5-7-14/h13-15H,3-12,16H2,1-2H3. The molecule has 1 saturated heterocycles. The first-order valence-corrected chi connectivity index (χ1v) is 7.91. The van der Waals surface area contributed by atoms with Gasteiger partial charge in [0.2, 0.25) is 0 Å². The van der Waals surface area contributed by atoms with E-state index < -0.39 is 0 Å². The molecule has 2 fully saturated rings. The van der Waals surface area contributed by atoms with Gasteiger partial charge < -0.3 is 10.6 Å². The number of rotatable bonds is 4. The lowest BCUT2D eigenvalue weighted by molar-refractivity contribution is 0.0597. The number of piperazine rings is 1. The van der Waals surface area contributed by atoms with Gasteiger partial charge in [0, 0.05) is 38.8 Å². The molecule has 0 aromatic heterocycles. The molecule has 1 atom stereocenters. The maximum Gasteiger partial charge on any atom is 0.0247 e. The summed E-state index contributed by atoms with van der Waals surface area (Å²) in [7, 11) is 0. The van der Waals surface area contributed by atoms with Gasteiger partial charge in [-0.25, -0.2) is 0 Å². The van der Waals surface area contributed by atoms with Crippen molar-refractivity contribution in [3.05, 3.63) is 0 Å². The Labute approximate surface area is 113 Å². The van der Waals surface area contributed by atoms with Crippen LogP contribution in [-0.2, 0) is 0 Å². The average molecular weight is 253 g/mol. The molecule has 3 heteroatoms. The van der Waals surface area contributed by atoms with E-state index >= 15 is 0 Å². The van der Waals surface area contributed by atoms with Crippen LogP contribution in [0.4, 0.5) is 0 Å². The Bertz CT molecular complexity index is 228. The highest BCUT2D eigenvalue weighted by Crippen LogP contribution is 2.32. The lowest BCUT2D eigenvalue weighted by Crippen LogP contribution is -2.54. The first-order valence-electron chi connectivity index (χ1n) is 7.91. The van der Waals surface area contributed by atoms with Gasteiger partial charge in [0.15, 0.2) is 0 Å². The molecule has 1 aliphatic heterocycles. The second-order valence-electron chi connectivity index (χ2n) is 6.29. The Hall–Kier alpha value is -0.120. The van der Waals surface area contributed by atoms with E-state index in [9.17, 15) is 0 Å². The molecule has 18 heavy (non-hydrogen) atoms. The molecule has 2 aliphatic rings. The van der Waals surface area contributed by atoms with Gasteiger partial charge in [-0.2, -0.15) is 0 Å². The van der Waals surface area contributed by atoms with Crippen LogP contribution in [-0.4, -0.2) is 55.1 Å². The molecule has 2 rings (SSSR count). The minimum Gasteiger partial charge on any atom is -0.329 e. The van der Waals surface area contributed by atoms with Crippen molar-refractivity contribution in [1.82, 2.24) is 9.80 Å². The summed E-state index contributed by atoms with van der Waals surface area (Å²) in [6, 6.07) is 0.650. The normalized spacial score (nSPS) is 33.5. The molecule has 1 saturated carbocycles. The summed E-state index contributed by atoms with van der Waals surface area (Å²) in [5.41, 5.74) is 6.08. The number of likely N-dealkylation sites (N-methyl/N-ethyl adjacent to an activating group) is 1. The Balaban J connectivity index is 1.85. The molecule has 0 aromatic carbocycles. The van der Waals surface area contributed by atoms with E-state index in [0.717, 1.165) is 18.4 Å². The third-order valence-corrected chi connectivity index (χ3v) is 5.17. The summed E-state index contributed by atoms with van der Waals surface area (Å²) in [5.74, 6) is 1.80. The summed E-state index contributed by atoms with van der Waals surface area (Å²) >= 11 is 0. The van der Waals surface area contributed by atoms with Crippen molar-refractivity contribution in [2.75, 3.05) is 39.3 Å². The van der Waals surface area contributed by atoms with Crippen molar-refractivity contribution in [3.63, 3.8) is 0 Å². The molecule has 0 radical (unpaired) electrons. The quantitative estimate of drug-likeness (QED) is 0.829. The van der Waals surface area contributed by atoms with Gasteiger partial charge >= 0.3 is 0 Å². The summed E-state index contributed by atoms with van der Waals surface area (Å²) in [5, 5.41) is 0. The van der Waals surface area contributed by atoms with Crippen LogP contribution in [0.3, 0.4) is 0 Å². The van der Waals surface area contributed by atoms with E-state index in [2.05, 4.69) is 23.6 Å². The Kier molecular flexibility index (Phi) is 5.46. The zero-order valence-corrected chi connectivity index (χ0v) is 12.3. The third-order valence-electron chi connectivity index (χ3n) is 5.17. The maximum atomic E-state index is 6.08. The lowest BCUT2D eigenvalue weighted by atomic mass is 9.78. The van der Waals surface area contributed by atoms with Crippen LogP contribution in [0.2, 0.25) is 0 Å². The highest BCUT2D eigenvalue weighted by Gasteiger charge is 2.30. The topological polar surface area (TPSA) is 32.5 Å². The van der Waals surface area contributed by atoms with Crippen molar-refractivity contribution in [1.29, 1.82) is 0 Å². The molecule has 1 aliphatic carbocycles. The average Bonchev–Trinajstić information content (AvgIpc) is 2.42. The van der Waals surface area contributed by atoms with Crippen LogP contribution in [0.25, 0.3) is 0 Å². The summed E-state index contributed by atoms with van der Waals surface area (Å²) in [6.45, 7) is 11.6. The molecule has 0 spiro atoms. The Morgan fingerprint density at radius 3 is 2.17 bits per heavy atom. The molecule has 0 amide bonds. The monoisotopic (exact) mass is 253 g/mol. The van der Waals surface area contributed by atoms with Crippen molar-refractivity contribution < 1.29 is 0 Å². The predicted molar refractivity (Wildman–Crippen MR) is 77.7 cm³/mol. The van der Waals surface area contributed by atoms with Crippen molar-refractivity contribution in [2.45, 2.75) is 45.6 Å². The first-order chi connectivity index (χ1) is 8.74. The fourth-order valence-corrected chi connectivity index (χ4v) is 3.72. The van der Waals surface area contributed by atoms with Crippen LogP contribution < -0.4 is 5.73 Å².